The summed E-state index contributed by atoms with van der Waals surface area (Å²) >= 11 is 1.06. The predicted molar refractivity (Wildman–Crippen MR) is 67.7 cm³/mol. The number of carbonyl (C=O) groups is 2. The van der Waals surface area contributed by atoms with E-state index in [1.807, 2.05) is 0 Å². The Morgan fingerprint density at radius 3 is 3.00 bits per heavy atom. The SMILES string of the molecule is COC(=O)CNC(=O)CSc1nnc(-c2ccco2)o1. The van der Waals surface area contributed by atoms with Crippen LogP contribution >= 0.6 is 11.8 Å². The summed E-state index contributed by atoms with van der Waals surface area (Å²) in [4.78, 5) is 22.3. The van der Waals surface area contributed by atoms with Crippen molar-refractivity contribution in [1.29, 1.82) is 0 Å². The molecule has 106 valence electrons. The molecule has 1 N–H and O–H groups in total. The molecule has 8 nitrogen and oxygen atoms in total. The largest absolute Gasteiger partial charge is 0.468 e. The van der Waals surface area contributed by atoms with Crippen molar-refractivity contribution in [1.82, 2.24) is 15.5 Å². The summed E-state index contributed by atoms with van der Waals surface area (Å²) in [6.45, 7) is -0.169. The van der Waals surface area contributed by atoms with E-state index in [1.165, 1.54) is 13.4 Å². The monoisotopic (exact) mass is 297 g/mol. The molecule has 0 aliphatic heterocycles. The van der Waals surface area contributed by atoms with Crippen molar-refractivity contribution in [3.63, 3.8) is 0 Å². The minimum atomic E-state index is -0.513. The predicted octanol–water partition coefficient (Wildman–Crippen LogP) is 0.711. The van der Waals surface area contributed by atoms with Crippen LogP contribution in [0.1, 0.15) is 0 Å². The Morgan fingerprint density at radius 1 is 1.45 bits per heavy atom. The summed E-state index contributed by atoms with van der Waals surface area (Å²) in [6.07, 6.45) is 1.49. The summed E-state index contributed by atoms with van der Waals surface area (Å²) < 4.78 is 14.8. The van der Waals surface area contributed by atoms with E-state index in [1.54, 1.807) is 12.1 Å². The number of hydrogen-bond donors (Lipinski definition) is 1. The number of carbonyl (C=O) groups excluding carboxylic acids is 2. The van der Waals surface area contributed by atoms with Crippen LogP contribution in [0.25, 0.3) is 11.7 Å². The van der Waals surface area contributed by atoms with E-state index in [4.69, 9.17) is 8.83 Å². The molecule has 2 rings (SSSR count). The molecule has 0 aliphatic rings. The van der Waals surface area contributed by atoms with E-state index in [2.05, 4.69) is 20.3 Å². The zero-order valence-corrected chi connectivity index (χ0v) is 11.3. The third kappa shape index (κ3) is 3.85. The minimum Gasteiger partial charge on any atom is -0.468 e. The third-order valence-corrected chi connectivity index (χ3v) is 2.94. The number of ether oxygens (including phenoxy) is 1. The molecule has 0 radical (unpaired) electrons. The van der Waals surface area contributed by atoms with Crippen LogP contribution in [0.3, 0.4) is 0 Å². The number of amides is 1. The number of aromatic nitrogens is 2. The standard InChI is InChI=1S/C11H11N3O5S/c1-17-9(16)5-12-8(15)6-20-11-14-13-10(19-11)7-3-2-4-18-7/h2-4H,5-6H2,1H3,(H,12,15). The van der Waals surface area contributed by atoms with Crippen LogP contribution < -0.4 is 5.32 Å². The molecule has 0 fully saturated rings. The van der Waals surface area contributed by atoms with Crippen LogP contribution in [0.5, 0.6) is 0 Å². The number of methoxy groups -OCH3 is 1. The first kappa shape index (κ1) is 14.1. The Bertz CT molecular complexity index is 581. The van der Waals surface area contributed by atoms with Gasteiger partial charge in [-0.1, -0.05) is 11.8 Å². The first-order chi connectivity index (χ1) is 9.69. The minimum absolute atomic E-state index is 0.0524. The molecule has 0 aliphatic carbocycles. The highest BCUT2D eigenvalue weighted by atomic mass is 32.2. The summed E-state index contributed by atoms with van der Waals surface area (Å²) in [6, 6.07) is 3.39. The maximum absolute atomic E-state index is 11.4. The molecule has 0 bridgehead atoms. The Labute approximate surface area is 117 Å². The van der Waals surface area contributed by atoms with Crippen molar-refractivity contribution in [3.8, 4) is 11.7 Å². The fourth-order valence-electron chi connectivity index (χ4n) is 1.19. The van der Waals surface area contributed by atoms with E-state index in [0.717, 1.165) is 11.8 Å². The average Bonchev–Trinajstić information content (AvgIpc) is 3.12. The second-order valence-corrected chi connectivity index (χ2v) is 4.42. The molecule has 2 aromatic rings. The van der Waals surface area contributed by atoms with Crippen molar-refractivity contribution >= 4 is 23.6 Å². The van der Waals surface area contributed by atoms with Crippen LogP contribution in [0.15, 0.2) is 32.5 Å². The van der Waals surface area contributed by atoms with Gasteiger partial charge in [0.1, 0.15) is 6.54 Å². The Kier molecular flexibility index (Phi) is 4.77. The first-order valence-corrected chi connectivity index (χ1v) is 6.51. The number of nitrogens with one attached hydrogen (secondary N) is 1. The average molecular weight is 297 g/mol. The topological polar surface area (TPSA) is 107 Å². The first-order valence-electron chi connectivity index (χ1n) is 5.52. The number of esters is 1. The second-order valence-electron chi connectivity index (χ2n) is 3.49. The summed E-state index contributed by atoms with van der Waals surface area (Å²) in [5.74, 6) is -0.0945. The van der Waals surface area contributed by atoms with Crippen LogP contribution in [-0.2, 0) is 14.3 Å². The van der Waals surface area contributed by atoms with Gasteiger partial charge in [0.2, 0.25) is 5.91 Å². The van der Waals surface area contributed by atoms with E-state index < -0.39 is 5.97 Å². The molecule has 0 atom stereocenters. The van der Waals surface area contributed by atoms with E-state index in [9.17, 15) is 9.59 Å². The highest BCUT2D eigenvalue weighted by Gasteiger charge is 2.13. The van der Waals surface area contributed by atoms with Gasteiger partial charge in [-0.3, -0.25) is 9.59 Å². The lowest BCUT2D eigenvalue weighted by Gasteiger charge is -2.01. The van der Waals surface area contributed by atoms with Crippen LogP contribution in [0, 0.1) is 0 Å². The Morgan fingerprint density at radius 2 is 2.30 bits per heavy atom. The van der Waals surface area contributed by atoms with Gasteiger partial charge in [-0.05, 0) is 12.1 Å². The number of nitrogens with zero attached hydrogens (tertiary/aromatic N) is 2. The normalized spacial score (nSPS) is 10.2. The van der Waals surface area contributed by atoms with E-state index in [-0.39, 0.29) is 29.3 Å². The lowest BCUT2D eigenvalue weighted by molar-refractivity contribution is -0.140. The maximum Gasteiger partial charge on any atom is 0.325 e. The molecule has 0 saturated heterocycles. The Balaban J connectivity index is 1.80. The van der Waals surface area contributed by atoms with E-state index in [0.29, 0.717) is 5.76 Å². The highest BCUT2D eigenvalue weighted by molar-refractivity contribution is 7.99. The lowest BCUT2D eigenvalue weighted by atomic mass is 10.5. The fraction of sp³-hybridized carbons (Fsp3) is 0.273. The van der Waals surface area contributed by atoms with Crippen molar-refractivity contribution in [2.24, 2.45) is 0 Å². The third-order valence-electron chi connectivity index (χ3n) is 2.12. The molecule has 2 aromatic heterocycles. The molecular formula is C11H11N3O5S. The quantitative estimate of drug-likeness (QED) is 0.613. The molecule has 0 aromatic carbocycles. The molecule has 0 spiro atoms. The smallest absolute Gasteiger partial charge is 0.325 e. The molecule has 20 heavy (non-hydrogen) atoms. The maximum atomic E-state index is 11.4. The van der Waals surface area contributed by atoms with Gasteiger partial charge in [-0.2, -0.15) is 0 Å². The molecular weight excluding hydrogens is 286 g/mol. The highest BCUT2D eigenvalue weighted by Crippen LogP contribution is 2.22. The van der Waals surface area contributed by atoms with Crippen molar-refractivity contribution in [2.75, 3.05) is 19.4 Å². The molecule has 1 amide bonds. The summed E-state index contributed by atoms with van der Waals surface area (Å²) in [5, 5.41) is 10.2. The fourth-order valence-corrected chi connectivity index (χ4v) is 1.78. The Hall–Kier alpha value is -2.29. The zero-order chi connectivity index (χ0) is 14.4. The van der Waals surface area contributed by atoms with Gasteiger partial charge in [0.25, 0.3) is 11.1 Å². The number of thioether (sulfide) groups is 1. The number of rotatable bonds is 6. The van der Waals surface area contributed by atoms with Crippen LogP contribution in [0.2, 0.25) is 0 Å². The van der Waals surface area contributed by atoms with Gasteiger partial charge in [0.05, 0.1) is 19.1 Å². The number of furan rings is 1. The van der Waals surface area contributed by atoms with Crippen LogP contribution in [-0.4, -0.2) is 41.5 Å². The van der Waals surface area contributed by atoms with Crippen LogP contribution in [0.4, 0.5) is 0 Å². The van der Waals surface area contributed by atoms with E-state index >= 15 is 0 Å². The van der Waals surface area contributed by atoms with Gasteiger partial charge < -0.3 is 18.9 Å². The summed E-state index contributed by atoms with van der Waals surface area (Å²) in [7, 11) is 1.25. The lowest BCUT2D eigenvalue weighted by Crippen LogP contribution is -2.31. The molecule has 0 saturated carbocycles. The van der Waals surface area contributed by atoms with Gasteiger partial charge in [-0.15, -0.1) is 10.2 Å². The van der Waals surface area contributed by atoms with Gasteiger partial charge in [0, 0.05) is 0 Å². The van der Waals surface area contributed by atoms with Crippen molar-refractivity contribution < 1.29 is 23.2 Å². The van der Waals surface area contributed by atoms with Crippen molar-refractivity contribution in [3.05, 3.63) is 18.4 Å². The molecule has 0 unspecified atom stereocenters. The van der Waals surface area contributed by atoms with Gasteiger partial charge >= 0.3 is 5.97 Å². The zero-order valence-electron chi connectivity index (χ0n) is 10.5. The molecule has 9 heteroatoms. The summed E-state index contributed by atoms with van der Waals surface area (Å²) in [5.41, 5.74) is 0. The van der Waals surface area contributed by atoms with Gasteiger partial charge in [0.15, 0.2) is 5.76 Å². The van der Waals surface area contributed by atoms with Gasteiger partial charge in [-0.25, -0.2) is 0 Å². The molecule has 2 heterocycles. The van der Waals surface area contributed by atoms with Crippen molar-refractivity contribution in [2.45, 2.75) is 5.22 Å². The number of hydrogen-bond acceptors (Lipinski definition) is 8. The second kappa shape index (κ2) is 6.75.